The average Bonchev–Trinajstić information content (AvgIpc) is 2.30. The van der Waals surface area contributed by atoms with E-state index in [0.717, 1.165) is 6.42 Å². The summed E-state index contributed by atoms with van der Waals surface area (Å²) in [4.78, 5) is 1.17. The van der Waals surface area contributed by atoms with Crippen molar-refractivity contribution >= 4 is 17.1 Å². The van der Waals surface area contributed by atoms with Crippen LogP contribution in [0.15, 0.2) is 18.2 Å². The predicted octanol–water partition coefficient (Wildman–Crippen LogP) is 5.85. The van der Waals surface area contributed by atoms with Gasteiger partial charge in [0.05, 0.1) is 0 Å². The normalized spacial score (nSPS) is 14.5. The predicted molar refractivity (Wildman–Crippen MR) is 90.2 cm³/mol. The van der Waals surface area contributed by atoms with Crippen LogP contribution in [-0.2, 0) is 0 Å². The fourth-order valence-corrected chi connectivity index (χ4v) is 3.34. The quantitative estimate of drug-likeness (QED) is 0.587. The van der Waals surface area contributed by atoms with E-state index < -0.39 is 0 Å². The van der Waals surface area contributed by atoms with Gasteiger partial charge in [-0.25, -0.2) is 0 Å². The van der Waals surface area contributed by atoms with E-state index >= 15 is 0 Å². The Hall–Kier alpha value is -0.690. The van der Waals surface area contributed by atoms with Gasteiger partial charge in [0.25, 0.3) is 0 Å². The summed E-state index contributed by atoms with van der Waals surface area (Å²) in [6.45, 7) is 13.4. The lowest BCUT2D eigenvalue weighted by atomic mass is 9.76. The molecule has 2 unspecified atom stereocenters. The number of aryl methyl sites for hydroxylation is 2. The summed E-state index contributed by atoms with van der Waals surface area (Å²) in [5.41, 5.74) is 4.25. The number of hydrogen-bond donors (Lipinski definition) is 0. The molecule has 0 saturated carbocycles. The Balaban J connectivity index is 3.12. The van der Waals surface area contributed by atoms with Crippen LogP contribution in [0, 0.1) is 25.7 Å². The first-order valence-electron chi connectivity index (χ1n) is 7.44. The van der Waals surface area contributed by atoms with Crippen molar-refractivity contribution < 1.29 is 0 Å². The molecule has 0 aromatic heterocycles. The molecule has 19 heavy (non-hydrogen) atoms. The SMILES string of the molecule is CCC(c1ccc(C)cc1C)C(CC(C)C)C(C)=S. The Morgan fingerprint density at radius 3 is 2.26 bits per heavy atom. The molecule has 0 nitrogen and oxygen atoms in total. The van der Waals surface area contributed by atoms with Gasteiger partial charge in [0.15, 0.2) is 0 Å². The highest BCUT2D eigenvalue weighted by Crippen LogP contribution is 2.35. The lowest BCUT2D eigenvalue weighted by molar-refractivity contribution is 0.424. The van der Waals surface area contributed by atoms with Gasteiger partial charge in [0, 0.05) is 0 Å². The molecule has 1 aromatic carbocycles. The van der Waals surface area contributed by atoms with Gasteiger partial charge in [-0.15, -0.1) is 0 Å². The van der Waals surface area contributed by atoms with E-state index in [-0.39, 0.29) is 0 Å². The van der Waals surface area contributed by atoms with E-state index in [4.69, 9.17) is 12.2 Å². The molecule has 0 amide bonds. The molecule has 106 valence electrons. The molecule has 0 fully saturated rings. The second kappa shape index (κ2) is 7.19. The number of thiocarbonyl (C=S) groups is 1. The zero-order chi connectivity index (χ0) is 14.6. The molecule has 1 aromatic rings. The third-order valence-corrected chi connectivity index (χ3v) is 4.30. The maximum Gasteiger partial charge on any atom is -0.00297 e. The standard InChI is InChI=1S/C18H28S/c1-7-16(18(15(6)19)10-12(2)3)17-9-8-13(4)11-14(17)5/h8-9,11-12,16,18H,7,10H2,1-6H3. The highest BCUT2D eigenvalue weighted by Gasteiger charge is 2.25. The maximum absolute atomic E-state index is 5.55. The summed E-state index contributed by atoms with van der Waals surface area (Å²) in [6, 6.07) is 6.84. The van der Waals surface area contributed by atoms with Crippen molar-refractivity contribution in [3.8, 4) is 0 Å². The van der Waals surface area contributed by atoms with E-state index in [1.54, 1.807) is 0 Å². The molecule has 0 bridgehead atoms. The highest BCUT2D eigenvalue weighted by molar-refractivity contribution is 7.80. The zero-order valence-corrected chi connectivity index (χ0v) is 14.1. The van der Waals surface area contributed by atoms with Crippen LogP contribution >= 0.6 is 12.2 Å². The largest absolute Gasteiger partial charge is 0.0897 e. The van der Waals surface area contributed by atoms with Crippen LogP contribution in [0.5, 0.6) is 0 Å². The summed E-state index contributed by atoms with van der Waals surface area (Å²) in [6.07, 6.45) is 2.36. The molecule has 0 spiro atoms. The molecule has 0 aliphatic heterocycles. The van der Waals surface area contributed by atoms with Gasteiger partial charge in [-0.2, -0.15) is 0 Å². The molecule has 1 heteroatoms. The molecule has 0 radical (unpaired) electrons. The van der Waals surface area contributed by atoms with Gasteiger partial charge in [-0.05, 0) is 67.4 Å². The summed E-state index contributed by atoms with van der Waals surface area (Å²) >= 11 is 5.55. The average molecular weight is 276 g/mol. The van der Waals surface area contributed by atoms with Crippen molar-refractivity contribution in [2.24, 2.45) is 11.8 Å². The molecular formula is C18H28S. The maximum atomic E-state index is 5.55. The van der Waals surface area contributed by atoms with Gasteiger partial charge in [-0.1, -0.05) is 56.8 Å². The third kappa shape index (κ3) is 4.42. The second-order valence-corrected chi connectivity index (χ2v) is 6.87. The molecule has 1 rings (SSSR count). The minimum absolute atomic E-state index is 0.529. The van der Waals surface area contributed by atoms with Gasteiger partial charge >= 0.3 is 0 Å². The number of hydrogen-bond acceptors (Lipinski definition) is 1. The van der Waals surface area contributed by atoms with Crippen molar-refractivity contribution in [1.29, 1.82) is 0 Å². The van der Waals surface area contributed by atoms with Gasteiger partial charge in [0.2, 0.25) is 0 Å². The molecule has 0 heterocycles. The molecule has 0 aliphatic rings. The fourth-order valence-electron chi connectivity index (χ4n) is 3.08. The van der Waals surface area contributed by atoms with Gasteiger partial charge in [-0.3, -0.25) is 0 Å². The Bertz CT molecular complexity index is 431. The van der Waals surface area contributed by atoms with E-state index in [9.17, 15) is 0 Å². The van der Waals surface area contributed by atoms with Gasteiger partial charge < -0.3 is 0 Å². The topological polar surface area (TPSA) is 0 Å². The Morgan fingerprint density at radius 1 is 1.21 bits per heavy atom. The van der Waals surface area contributed by atoms with Crippen LogP contribution < -0.4 is 0 Å². The Morgan fingerprint density at radius 2 is 1.84 bits per heavy atom. The van der Waals surface area contributed by atoms with Crippen LogP contribution in [0.3, 0.4) is 0 Å². The number of benzene rings is 1. The molecule has 0 saturated heterocycles. The lowest BCUT2D eigenvalue weighted by Gasteiger charge is -2.29. The summed E-state index contributed by atoms with van der Waals surface area (Å²) < 4.78 is 0. The summed E-state index contributed by atoms with van der Waals surface area (Å²) in [7, 11) is 0. The van der Waals surface area contributed by atoms with Crippen molar-refractivity contribution in [1.82, 2.24) is 0 Å². The third-order valence-electron chi connectivity index (χ3n) is 4.00. The Kier molecular flexibility index (Phi) is 6.19. The monoisotopic (exact) mass is 276 g/mol. The first-order valence-corrected chi connectivity index (χ1v) is 7.85. The Labute approximate surface area is 124 Å². The summed E-state index contributed by atoms with van der Waals surface area (Å²) in [5.74, 6) is 1.80. The smallest absolute Gasteiger partial charge is 0.00297 e. The minimum Gasteiger partial charge on any atom is -0.0897 e. The molecule has 0 N–H and O–H groups in total. The first kappa shape index (κ1) is 16.4. The van der Waals surface area contributed by atoms with Crippen LogP contribution in [0.1, 0.15) is 63.1 Å². The van der Waals surface area contributed by atoms with Gasteiger partial charge in [0.1, 0.15) is 0 Å². The zero-order valence-electron chi connectivity index (χ0n) is 13.3. The highest BCUT2D eigenvalue weighted by atomic mass is 32.1. The van der Waals surface area contributed by atoms with Crippen LogP contribution in [0.2, 0.25) is 0 Å². The molecule has 2 atom stereocenters. The van der Waals surface area contributed by atoms with Crippen molar-refractivity contribution in [2.75, 3.05) is 0 Å². The minimum atomic E-state index is 0.529. The van der Waals surface area contributed by atoms with E-state index in [1.807, 2.05) is 0 Å². The van der Waals surface area contributed by atoms with E-state index in [2.05, 4.69) is 59.7 Å². The first-order chi connectivity index (χ1) is 8.86. The second-order valence-electron chi connectivity index (χ2n) is 6.22. The van der Waals surface area contributed by atoms with Crippen LogP contribution in [0.4, 0.5) is 0 Å². The lowest BCUT2D eigenvalue weighted by Crippen LogP contribution is -2.21. The van der Waals surface area contributed by atoms with Crippen LogP contribution in [-0.4, -0.2) is 4.86 Å². The van der Waals surface area contributed by atoms with E-state index in [0.29, 0.717) is 17.8 Å². The van der Waals surface area contributed by atoms with Crippen molar-refractivity contribution in [3.05, 3.63) is 34.9 Å². The van der Waals surface area contributed by atoms with E-state index in [1.165, 1.54) is 28.0 Å². The molecule has 0 aliphatic carbocycles. The fraction of sp³-hybridized carbons (Fsp3) is 0.611. The summed E-state index contributed by atoms with van der Waals surface area (Å²) in [5, 5.41) is 0. The van der Waals surface area contributed by atoms with Crippen LogP contribution in [0.25, 0.3) is 0 Å². The van der Waals surface area contributed by atoms with Crippen molar-refractivity contribution in [2.45, 2.75) is 60.3 Å². The number of rotatable bonds is 6. The van der Waals surface area contributed by atoms with Crippen molar-refractivity contribution in [3.63, 3.8) is 0 Å². The molecular weight excluding hydrogens is 248 g/mol.